The van der Waals surface area contributed by atoms with E-state index in [4.69, 9.17) is 0 Å². The molecule has 2 N–H and O–H groups in total. The fourth-order valence-corrected chi connectivity index (χ4v) is 5.06. The monoisotopic (exact) mass is 486 g/mol. The number of benzene rings is 2. The highest BCUT2D eigenvalue weighted by Crippen LogP contribution is 2.30. The van der Waals surface area contributed by atoms with E-state index in [9.17, 15) is 9.59 Å². The van der Waals surface area contributed by atoms with Crippen LogP contribution < -0.4 is 10.2 Å². The van der Waals surface area contributed by atoms with Gasteiger partial charge in [-0.2, -0.15) is 5.10 Å². The zero-order valence-corrected chi connectivity index (χ0v) is 21.2. The third-order valence-electron chi connectivity index (χ3n) is 7.40. The second kappa shape index (κ2) is 10.1. The maximum Gasteiger partial charge on any atom is 0.256 e. The number of amides is 2. The Morgan fingerprint density at radius 1 is 0.917 bits per heavy atom. The number of carbonyl (C=O) groups excluding carboxylic acids is 2. The van der Waals surface area contributed by atoms with Crippen molar-refractivity contribution in [2.75, 3.05) is 36.4 Å². The fraction of sp³-hybridized carbons (Fsp3) is 0.393. The number of hydrogen-bond acceptors (Lipinski definition) is 5. The van der Waals surface area contributed by atoms with E-state index in [1.807, 2.05) is 66.4 Å². The molecule has 3 heterocycles. The number of anilines is 2. The molecule has 2 amide bonds. The molecule has 0 saturated carbocycles. The summed E-state index contributed by atoms with van der Waals surface area (Å²) in [6, 6.07) is 18.1. The molecule has 5 rings (SSSR count). The van der Waals surface area contributed by atoms with E-state index < -0.39 is 0 Å². The van der Waals surface area contributed by atoms with Gasteiger partial charge in [0.15, 0.2) is 5.82 Å². The van der Waals surface area contributed by atoms with Crippen molar-refractivity contribution < 1.29 is 9.59 Å². The lowest BCUT2D eigenvalue weighted by molar-refractivity contribution is -0.133. The van der Waals surface area contributed by atoms with E-state index in [1.54, 1.807) is 0 Å². The Morgan fingerprint density at radius 2 is 1.61 bits per heavy atom. The van der Waals surface area contributed by atoms with Crippen LogP contribution in [-0.4, -0.2) is 64.0 Å². The van der Waals surface area contributed by atoms with Crippen LogP contribution >= 0.6 is 0 Å². The van der Waals surface area contributed by atoms with Gasteiger partial charge in [0.25, 0.3) is 5.91 Å². The zero-order valence-electron chi connectivity index (χ0n) is 21.2. The number of aromatic amines is 1. The topological polar surface area (TPSA) is 84.6 Å². The molecule has 2 aliphatic heterocycles. The highest BCUT2D eigenvalue weighted by atomic mass is 16.2. The minimum atomic E-state index is -0.229. The molecule has 1 aromatic heterocycles. The molecule has 0 unspecified atom stereocenters. The van der Waals surface area contributed by atoms with Gasteiger partial charge in [-0.15, -0.1) is 0 Å². The summed E-state index contributed by atoms with van der Waals surface area (Å²) in [5.74, 6) is 0.121. The van der Waals surface area contributed by atoms with Gasteiger partial charge in [-0.1, -0.05) is 30.3 Å². The zero-order chi connectivity index (χ0) is 25.2. The molecule has 36 heavy (non-hydrogen) atoms. The number of rotatable bonds is 6. The lowest BCUT2D eigenvalue weighted by Gasteiger charge is -2.38. The van der Waals surface area contributed by atoms with Gasteiger partial charge in [0.1, 0.15) is 0 Å². The number of nitrogens with one attached hydrogen (secondary N) is 2. The van der Waals surface area contributed by atoms with Gasteiger partial charge < -0.3 is 15.1 Å². The number of hydrogen-bond donors (Lipinski definition) is 2. The third kappa shape index (κ3) is 4.86. The first-order valence-electron chi connectivity index (χ1n) is 12.7. The second-order valence-electron chi connectivity index (χ2n) is 9.97. The van der Waals surface area contributed by atoms with Crippen LogP contribution in [0.2, 0.25) is 0 Å². The first-order valence-corrected chi connectivity index (χ1v) is 12.7. The first kappa shape index (κ1) is 24.1. The second-order valence-corrected chi connectivity index (χ2v) is 9.97. The maximum atomic E-state index is 13.1. The quantitative estimate of drug-likeness (QED) is 0.553. The summed E-state index contributed by atoms with van der Waals surface area (Å²) in [6.07, 6.45) is 0. The summed E-state index contributed by atoms with van der Waals surface area (Å²) >= 11 is 0. The van der Waals surface area contributed by atoms with Gasteiger partial charge >= 0.3 is 0 Å². The number of fused-ring (bicyclic) bond motifs is 1. The largest absolute Gasteiger partial charge is 0.369 e. The Bertz CT molecular complexity index is 1210. The van der Waals surface area contributed by atoms with Gasteiger partial charge in [0.2, 0.25) is 5.91 Å². The van der Waals surface area contributed by atoms with Crippen LogP contribution in [0.25, 0.3) is 0 Å². The smallest absolute Gasteiger partial charge is 0.256 e. The Morgan fingerprint density at radius 3 is 2.28 bits per heavy atom. The first-order chi connectivity index (χ1) is 17.4. The highest BCUT2D eigenvalue weighted by Gasteiger charge is 2.31. The summed E-state index contributed by atoms with van der Waals surface area (Å²) in [6.45, 7) is 11.4. The minimum Gasteiger partial charge on any atom is -0.369 e. The molecule has 0 aliphatic carbocycles. The molecule has 3 aromatic rings. The van der Waals surface area contributed by atoms with E-state index in [0.717, 1.165) is 48.7 Å². The summed E-state index contributed by atoms with van der Waals surface area (Å²) in [4.78, 5) is 32.7. The summed E-state index contributed by atoms with van der Waals surface area (Å²) < 4.78 is 0. The molecule has 1 fully saturated rings. The van der Waals surface area contributed by atoms with Gasteiger partial charge in [0.05, 0.1) is 24.7 Å². The van der Waals surface area contributed by atoms with Crippen LogP contribution in [0, 0.1) is 0 Å². The van der Waals surface area contributed by atoms with E-state index in [2.05, 4.69) is 39.2 Å². The molecule has 2 aromatic carbocycles. The Balaban J connectivity index is 1.20. The Labute approximate surface area is 212 Å². The lowest BCUT2D eigenvalue weighted by atomic mass is 10.00. The normalized spacial score (nSPS) is 16.8. The molecule has 2 aliphatic rings. The molecule has 8 nitrogen and oxygen atoms in total. The number of piperazine rings is 1. The standard InChI is InChI=1S/C28H34N6O2/c1-19(2)32-13-15-33(16-14-32)23-11-9-22(10-12-23)27(35)29-26-24-17-34(18-25(24)30-31-26)28(36)20(3)21-7-5-4-6-8-21/h4-12,19-20H,13-18H2,1-3H3,(H2,29,30,31,35)/t20-/m1/s1. The Hall–Kier alpha value is -3.65. The van der Waals surface area contributed by atoms with Crippen LogP contribution in [0.5, 0.6) is 0 Å². The molecule has 0 bridgehead atoms. The average Bonchev–Trinajstić information content (AvgIpc) is 3.50. The maximum absolute atomic E-state index is 13.1. The van der Waals surface area contributed by atoms with Crippen molar-refractivity contribution in [2.45, 2.75) is 45.8 Å². The molecular formula is C28H34N6O2. The van der Waals surface area contributed by atoms with E-state index in [1.165, 1.54) is 0 Å². The van der Waals surface area contributed by atoms with Crippen molar-refractivity contribution >= 4 is 23.3 Å². The number of H-pyrrole nitrogens is 1. The number of carbonyl (C=O) groups is 2. The average molecular weight is 487 g/mol. The minimum absolute atomic E-state index is 0.0629. The molecule has 0 spiro atoms. The van der Waals surface area contributed by atoms with Gasteiger partial charge in [-0.05, 0) is 50.6 Å². The van der Waals surface area contributed by atoms with Crippen molar-refractivity contribution in [2.24, 2.45) is 0 Å². The van der Waals surface area contributed by atoms with Crippen LogP contribution in [-0.2, 0) is 17.9 Å². The van der Waals surface area contributed by atoms with E-state index in [0.29, 0.717) is 30.5 Å². The molecule has 8 heteroatoms. The van der Waals surface area contributed by atoms with Crippen molar-refractivity contribution in [3.63, 3.8) is 0 Å². The Kier molecular flexibility index (Phi) is 6.78. The van der Waals surface area contributed by atoms with Crippen LogP contribution in [0.15, 0.2) is 54.6 Å². The van der Waals surface area contributed by atoms with Gasteiger partial charge in [0, 0.05) is 49.0 Å². The lowest BCUT2D eigenvalue weighted by Crippen LogP contribution is -2.48. The third-order valence-corrected chi connectivity index (χ3v) is 7.40. The summed E-state index contributed by atoms with van der Waals surface area (Å²) in [7, 11) is 0. The molecule has 0 radical (unpaired) electrons. The van der Waals surface area contributed by atoms with E-state index in [-0.39, 0.29) is 17.7 Å². The number of nitrogens with zero attached hydrogens (tertiary/aromatic N) is 4. The highest BCUT2D eigenvalue weighted by molar-refractivity contribution is 6.04. The molecule has 1 saturated heterocycles. The summed E-state index contributed by atoms with van der Waals surface area (Å²) in [5, 5.41) is 10.2. The predicted molar refractivity (Wildman–Crippen MR) is 141 cm³/mol. The fourth-order valence-electron chi connectivity index (χ4n) is 5.06. The SMILES string of the molecule is CC(C)N1CCN(c2ccc(C(=O)Nc3n[nH]c4c3CN(C(=O)[C@H](C)c3ccccc3)C4)cc2)CC1. The molecular weight excluding hydrogens is 452 g/mol. The van der Waals surface area contributed by atoms with Crippen molar-refractivity contribution in [3.05, 3.63) is 77.0 Å². The van der Waals surface area contributed by atoms with E-state index >= 15 is 0 Å². The van der Waals surface area contributed by atoms with Gasteiger partial charge in [-0.3, -0.25) is 19.6 Å². The number of aromatic nitrogens is 2. The molecule has 188 valence electrons. The van der Waals surface area contributed by atoms with Crippen molar-refractivity contribution in [3.8, 4) is 0 Å². The van der Waals surface area contributed by atoms with Crippen molar-refractivity contribution in [1.29, 1.82) is 0 Å². The summed E-state index contributed by atoms with van der Waals surface area (Å²) in [5.41, 5.74) is 4.46. The van der Waals surface area contributed by atoms with Crippen LogP contribution in [0.4, 0.5) is 11.5 Å². The van der Waals surface area contributed by atoms with Crippen LogP contribution in [0.1, 0.15) is 53.9 Å². The predicted octanol–water partition coefficient (Wildman–Crippen LogP) is 3.84. The van der Waals surface area contributed by atoms with Gasteiger partial charge in [-0.25, -0.2) is 0 Å². The van der Waals surface area contributed by atoms with Crippen molar-refractivity contribution in [1.82, 2.24) is 20.0 Å². The van der Waals surface area contributed by atoms with Crippen LogP contribution in [0.3, 0.4) is 0 Å². The molecule has 1 atom stereocenters.